The molecule has 0 bridgehead atoms. The van der Waals surface area contributed by atoms with Gasteiger partial charge in [0.2, 0.25) is 0 Å². The zero-order valence-corrected chi connectivity index (χ0v) is 18.6. The fraction of sp³-hybridized carbons (Fsp3) is 0.167. The van der Waals surface area contributed by atoms with Gasteiger partial charge in [0, 0.05) is 27.8 Å². The zero-order chi connectivity index (χ0) is 24.6. The fourth-order valence-electron chi connectivity index (χ4n) is 4.02. The van der Waals surface area contributed by atoms with Crippen molar-refractivity contribution in [3.63, 3.8) is 0 Å². The number of fused-ring (bicyclic) bond motifs is 1. The molecular weight excluding hydrogens is 467 g/mol. The lowest BCUT2D eigenvalue weighted by Crippen LogP contribution is -2.41. The normalized spacial score (nSPS) is 16.9. The summed E-state index contributed by atoms with van der Waals surface area (Å²) in [5.41, 5.74) is -2.20. The molecule has 1 heterocycles. The predicted octanol–water partition coefficient (Wildman–Crippen LogP) is 4.40. The molecule has 0 aromatic heterocycles. The fourth-order valence-corrected chi connectivity index (χ4v) is 4.24. The molecule has 4 rings (SSSR count). The maximum atomic E-state index is 14.4. The first-order valence-corrected chi connectivity index (χ1v) is 10.5. The highest BCUT2D eigenvalue weighted by atomic mass is 35.5. The topological polar surface area (TPSA) is 110 Å². The Bertz CT molecular complexity index is 1310. The van der Waals surface area contributed by atoms with E-state index in [0.29, 0.717) is 5.69 Å². The van der Waals surface area contributed by atoms with Gasteiger partial charge in [-0.3, -0.25) is 19.7 Å². The molecule has 1 amide bonds. The first-order chi connectivity index (χ1) is 16.2. The Morgan fingerprint density at radius 2 is 1.94 bits per heavy atom. The van der Waals surface area contributed by atoms with Crippen LogP contribution in [0.2, 0.25) is 5.02 Å². The Balaban J connectivity index is 1.70. The third-order valence-electron chi connectivity index (χ3n) is 5.73. The minimum Gasteiger partial charge on any atom is -0.490 e. The van der Waals surface area contributed by atoms with E-state index < -0.39 is 40.1 Å². The summed E-state index contributed by atoms with van der Waals surface area (Å²) in [4.78, 5) is 38.2. The molecule has 0 aliphatic carbocycles. The molecule has 174 valence electrons. The smallest absolute Gasteiger partial charge is 0.311 e. The first-order valence-electron chi connectivity index (χ1n) is 10.1. The lowest BCUT2D eigenvalue weighted by molar-refractivity contribution is -0.385. The quantitative estimate of drug-likeness (QED) is 0.302. The van der Waals surface area contributed by atoms with Gasteiger partial charge in [0.25, 0.3) is 5.91 Å². The van der Waals surface area contributed by atoms with Crippen LogP contribution in [0.1, 0.15) is 27.9 Å². The van der Waals surface area contributed by atoms with Gasteiger partial charge in [-0.15, -0.1) is 0 Å². The number of ketones is 1. The van der Waals surface area contributed by atoms with Crippen LogP contribution < -0.4 is 9.64 Å². The number of nitro benzene ring substituents is 1. The average Bonchev–Trinajstić information content (AvgIpc) is 3.02. The number of halogens is 2. The number of ether oxygens (including phenoxy) is 1. The van der Waals surface area contributed by atoms with Crippen molar-refractivity contribution in [2.24, 2.45) is 0 Å². The van der Waals surface area contributed by atoms with Crippen LogP contribution in [0.3, 0.4) is 0 Å². The maximum absolute atomic E-state index is 14.4. The summed E-state index contributed by atoms with van der Waals surface area (Å²) in [6, 6.07) is 14.1. The SMILES string of the molecule is COc1ccc(C(=O)C[C@@]2(O)C(=O)N(Cc3c(F)cccc3Cl)c3ccccc32)cc1[N+](=O)[O-]. The van der Waals surface area contributed by atoms with E-state index in [-0.39, 0.29) is 34.0 Å². The molecule has 0 spiro atoms. The van der Waals surface area contributed by atoms with Crippen LogP contribution in [-0.4, -0.2) is 28.8 Å². The highest BCUT2D eigenvalue weighted by molar-refractivity contribution is 6.31. The summed E-state index contributed by atoms with van der Waals surface area (Å²) in [5.74, 6) is -2.17. The summed E-state index contributed by atoms with van der Waals surface area (Å²) < 4.78 is 19.3. The van der Waals surface area contributed by atoms with E-state index in [2.05, 4.69) is 0 Å². The number of hydrogen-bond donors (Lipinski definition) is 1. The third-order valence-corrected chi connectivity index (χ3v) is 6.09. The Morgan fingerprint density at radius 3 is 2.62 bits per heavy atom. The molecule has 0 fully saturated rings. The number of aliphatic hydroxyl groups is 1. The molecule has 0 saturated heterocycles. The van der Waals surface area contributed by atoms with E-state index in [4.69, 9.17) is 16.3 Å². The number of anilines is 1. The van der Waals surface area contributed by atoms with Crippen LogP contribution in [0.15, 0.2) is 60.7 Å². The second-order valence-electron chi connectivity index (χ2n) is 7.71. The molecule has 8 nitrogen and oxygen atoms in total. The highest BCUT2D eigenvalue weighted by Crippen LogP contribution is 2.44. The van der Waals surface area contributed by atoms with Crippen LogP contribution in [0.5, 0.6) is 5.75 Å². The minimum atomic E-state index is -2.25. The molecule has 0 saturated carbocycles. The Labute approximate surface area is 198 Å². The number of benzene rings is 3. The average molecular weight is 485 g/mol. The zero-order valence-electron chi connectivity index (χ0n) is 17.8. The van der Waals surface area contributed by atoms with Crippen molar-refractivity contribution in [2.75, 3.05) is 12.0 Å². The number of amides is 1. The predicted molar refractivity (Wildman–Crippen MR) is 122 cm³/mol. The van der Waals surface area contributed by atoms with Crippen LogP contribution in [-0.2, 0) is 16.9 Å². The molecular formula is C24H18ClFN2O6. The maximum Gasteiger partial charge on any atom is 0.311 e. The lowest BCUT2D eigenvalue weighted by Gasteiger charge is -2.23. The van der Waals surface area contributed by atoms with Crippen LogP contribution in [0, 0.1) is 15.9 Å². The van der Waals surface area contributed by atoms with E-state index in [9.17, 15) is 29.2 Å². The van der Waals surface area contributed by atoms with Crippen molar-refractivity contribution >= 4 is 34.7 Å². The van der Waals surface area contributed by atoms with Crippen molar-refractivity contribution < 1.29 is 28.7 Å². The Hall–Kier alpha value is -3.82. The van der Waals surface area contributed by atoms with Gasteiger partial charge in [0.1, 0.15) is 5.82 Å². The second-order valence-corrected chi connectivity index (χ2v) is 8.12. The molecule has 3 aromatic rings. The number of para-hydroxylation sites is 1. The number of nitrogens with zero attached hydrogens (tertiary/aromatic N) is 2. The van der Waals surface area contributed by atoms with E-state index in [1.165, 1.54) is 48.4 Å². The molecule has 3 aromatic carbocycles. The van der Waals surface area contributed by atoms with E-state index in [1.54, 1.807) is 18.2 Å². The number of carbonyl (C=O) groups is 2. The van der Waals surface area contributed by atoms with Crippen LogP contribution in [0.4, 0.5) is 15.8 Å². The van der Waals surface area contributed by atoms with Crippen LogP contribution >= 0.6 is 11.6 Å². The van der Waals surface area contributed by atoms with Gasteiger partial charge in [-0.2, -0.15) is 0 Å². The van der Waals surface area contributed by atoms with E-state index >= 15 is 0 Å². The number of rotatable bonds is 7. The summed E-state index contributed by atoms with van der Waals surface area (Å²) >= 11 is 6.12. The largest absolute Gasteiger partial charge is 0.490 e. The standard InChI is InChI=1S/C24H18ClFN2O6/c1-34-22-10-9-14(11-20(22)28(32)33)21(29)12-24(31)16-5-2-3-8-19(16)27(23(24)30)13-15-17(25)6-4-7-18(15)26/h2-11,31H,12-13H2,1H3/t24-/m0/s1. The summed E-state index contributed by atoms with van der Waals surface area (Å²) in [6.45, 7) is -0.258. The molecule has 1 N–H and O–H groups in total. The molecule has 1 aliphatic rings. The van der Waals surface area contributed by atoms with Crippen molar-refractivity contribution in [3.8, 4) is 5.75 Å². The highest BCUT2D eigenvalue weighted by Gasteiger charge is 2.51. The summed E-state index contributed by atoms with van der Waals surface area (Å²) in [6.07, 6.45) is -0.673. The number of methoxy groups -OCH3 is 1. The number of hydrogen-bond acceptors (Lipinski definition) is 6. The molecule has 0 radical (unpaired) electrons. The summed E-state index contributed by atoms with van der Waals surface area (Å²) in [7, 11) is 1.26. The summed E-state index contributed by atoms with van der Waals surface area (Å²) in [5, 5.41) is 22.8. The molecule has 10 heteroatoms. The number of Topliss-reactive ketones (excluding diaryl/α,β-unsaturated/α-hetero) is 1. The van der Waals surface area contributed by atoms with Gasteiger partial charge in [-0.25, -0.2) is 4.39 Å². The van der Waals surface area contributed by atoms with Gasteiger partial charge in [-0.05, 0) is 30.3 Å². The Morgan fingerprint density at radius 1 is 1.21 bits per heavy atom. The number of carbonyl (C=O) groups excluding carboxylic acids is 2. The van der Waals surface area contributed by atoms with Crippen LogP contribution in [0.25, 0.3) is 0 Å². The minimum absolute atomic E-state index is 0.0320. The first kappa shape index (κ1) is 23.3. The van der Waals surface area contributed by atoms with Gasteiger partial charge in [0.05, 0.1) is 30.7 Å². The lowest BCUT2D eigenvalue weighted by atomic mass is 9.88. The Kier molecular flexibility index (Phi) is 6.07. The van der Waals surface area contributed by atoms with Gasteiger partial charge in [-0.1, -0.05) is 35.9 Å². The van der Waals surface area contributed by atoms with Gasteiger partial charge >= 0.3 is 5.69 Å². The molecule has 0 unspecified atom stereocenters. The van der Waals surface area contributed by atoms with Crippen molar-refractivity contribution in [1.29, 1.82) is 0 Å². The van der Waals surface area contributed by atoms with E-state index in [1.807, 2.05) is 0 Å². The monoisotopic (exact) mass is 484 g/mol. The van der Waals surface area contributed by atoms with Gasteiger partial charge in [0.15, 0.2) is 17.1 Å². The van der Waals surface area contributed by atoms with Crippen molar-refractivity contribution in [3.05, 3.63) is 98.3 Å². The molecule has 1 atom stereocenters. The molecule has 1 aliphatic heterocycles. The second kappa shape index (κ2) is 8.85. The van der Waals surface area contributed by atoms with Gasteiger partial charge < -0.3 is 14.7 Å². The van der Waals surface area contributed by atoms with E-state index in [0.717, 1.165) is 6.07 Å². The van der Waals surface area contributed by atoms with Crippen molar-refractivity contribution in [1.82, 2.24) is 0 Å². The molecule has 34 heavy (non-hydrogen) atoms. The number of nitro groups is 1. The third kappa shape index (κ3) is 3.89. The van der Waals surface area contributed by atoms with Crippen molar-refractivity contribution in [2.45, 2.75) is 18.6 Å².